The van der Waals surface area contributed by atoms with Crippen molar-refractivity contribution in [3.8, 4) is 11.1 Å². The van der Waals surface area contributed by atoms with Gasteiger partial charge in [-0.2, -0.15) is 0 Å². The van der Waals surface area contributed by atoms with Crippen molar-refractivity contribution < 1.29 is 13.6 Å². The summed E-state index contributed by atoms with van der Waals surface area (Å²) in [4.78, 5) is 31.2. The number of nitrogens with zero attached hydrogens (tertiary/aromatic N) is 6. The molecule has 0 saturated carbocycles. The second-order valence-corrected chi connectivity index (χ2v) is 9.96. The number of pyridine rings is 1. The van der Waals surface area contributed by atoms with Crippen LogP contribution < -0.4 is 4.31 Å². The van der Waals surface area contributed by atoms with Gasteiger partial charge in [-0.3, -0.25) is 14.0 Å². The first-order valence-corrected chi connectivity index (χ1v) is 13.6. The van der Waals surface area contributed by atoms with Crippen molar-refractivity contribution >= 4 is 34.0 Å². The van der Waals surface area contributed by atoms with Gasteiger partial charge in [0.2, 0.25) is 0 Å². The number of hydrogen-bond acceptors (Lipinski definition) is 7. The van der Waals surface area contributed by atoms with Crippen molar-refractivity contribution in [2.45, 2.75) is 40.2 Å². The highest BCUT2D eigenvalue weighted by molar-refractivity contribution is 7.81. The van der Waals surface area contributed by atoms with E-state index in [2.05, 4.69) is 26.4 Å². The number of carbonyl (C=O) groups excluding carboxylic acids is 1. The number of rotatable bonds is 8. The molecule has 0 bridgehead atoms. The molecule has 0 aliphatic heterocycles. The molecule has 1 atom stereocenters. The SMILES string of the molecule is CCCc1nc2c(C)nc(C)nc2n1Cc1ccc(-c2ccncc2N(C(=O)c2ccccc2)S(=O)[O-])cc1. The van der Waals surface area contributed by atoms with Crippen LogP contribution in [0, 0.1) is 13.8 Å². The molecule has 0 N–H and O–H groups in total. The van der Waals surface area contributed by atoms with Gasteiger partial charge in [0, 0.05) is 23.7 Å². The third-order valence-electron chi connectivity index (χ3n) is 6.41. The first-order valence-electron chi connectivity index (χ1n) is 12.6. The fourth-order valence-electron chi connectivity index (χ4n) is 4.62. The molecular formula is C29H27N6O3S-. The minimum atomic E-state index is -2.85. The zero-order valence-corrected chi connectivity index (χ0v) is 22.7. The van der Waals surface area contributed by atoms with Gasteiger partial charge in [0.15, 0.2) is 5.65 Å². The van der Waals surface area contributed by atoms with Crippen molar-refractivity contribution in [3.05, 3.63) is 102 Å². The van der Waals surface area contributed by atoms with Crippen molar-refractivity contribution in [2.75, 3.05) is 4.31 Å². The van der Waals surface area contributed by atoms with Crippen LogP contribution in [-0.2, 0) is 24.2 Å². The molecule has 1 unspecified atom stereocenters. The fourth-order valence-corrected chi connectivity index (χ4v) is 5.17. The summed E-state index contributed by atoms with van der Waals surface area (Å²) in [6, 6.07) is 17.8. The highest BCUT2D eigenvalue weighted by Crippen LogP contribution is 2.32. The van der Waals surface area contributed by atoms with Gasteiger partial charge in [0.05, 0.1) is 35.4 Å². The highest BCUT2D eigenvalue weighted by atomic mass is 32.2. The van der Waals surface area contributed by atoms with E-state index in [0.29, 0.717) is 17.9 Å². The largest absolute Gasteiger partial charge is 0.755 e. The minimum Gasteiger partial charge on any atom is -0.755 e. The summed E-state index contributed by atoms with van der Waals surface area (Å²) >= 11 is -2.85. The van der Waals surface area contributed by atoms with E-state index in [1.54, 1.807) is 42.6 Å². The Morgan fingerprint density at radius 3 is 2.44 bits per heavy atom. The summed E-state index contributed by atoms with van der Waals surface area (Å²) < 4.78 is 27.3. The van der Waals surface area contributed by atoms with Gasteiger partial charge in [-0.25, -0.2) is 19.3 Å². The van der Waals surface area contributed by atoms with E-state index in [4.69, 9.17) is 4.98 Å². The monoisotopic (exact) mass is 539 g/mol. The van der Waals surface area contributed by atoms with Crippen LogP contribution in [0.5, 0.6) is 0 Å². The zero-order valence-electron chi connectivity index (χ0n) is 21.9. The van der Waals surface area contributed by atoms with E-state index in [-0.39, 0.29) is 11.3 Å². The highest BCUT2D eigenvalue weighted by Gasteiger charge is 2.22. The van der Waals surface area contributed by atoms with Gasteiger partial charge in [-0.05, 0) is 49.6 Å². The fraction of sp³-hybridized carbons (Fsp3) is 0.207. The normalized spacial score (nSPS) is 12.0. The molecule has 3 heterocycles. The third-order valence-corrected chi connectivity index (χ3v) is 7.07. The zero-order chi connectivity index (χ0) is 27.5. The van der Waals surface area contributed by atoms with E-state index in [1.165, 1.54) is 6.20 Å². The molecule has 10 heteroatoms. The second kappa shape index (κ2) is 11.2. The summed E-state index contributed by atoms with van der Waals surface area (Å²) in [5.74, 6) is 1.01. The molecule has 5 rings (SSSR count). The van der Waals surface area contributed by atoms with Gasteiger partial charge in [0.1, 0.15) is 17.2 Å². The molecule has 5 aromatic rings. The molecule has 198 valence electrons. The molecule has 0 saturated heterocycles. The van der Waals surface area contributed by atoms with Crippen LogP contribution in [0.4, 0.5) is 5.69 Å². The summed E-state index contributed by atoms with van der Waals surface area (Å²) in [5, 5.41) is 0. The quantitative estimate of drug-likeness (QED) is 0.256. The topological polar surface area (TPSA) is 117 Å². The molecule has 2 aromatic carbocycles. The van der Waals surface area contributed by atoms with Crippen molar-refractivity contribution in [3.63, 3.8) is 0 Å². The second-order valence-electron chi connectivity index (χ2n) is 9.17. The summed E-state index contributed by atoms with van der Waals surface area (Å²) in [6.45, 7) is 6.53. The van der Waals surface area contributed by atoms with E-state index in [0.717, 1.165) is 51.0 Å². The van der Waals surface area contributed by atoms with Crippen LogP contribution in [0.3, 0.4) is 0 Å². The van der Waals surface area contributed by atoms with Gasteiger partial charge >= 0.3 is 0 Å². The number of amides is 1. The number of carbonyl (C=O) groups is 1. The lowest BCUT2D eigenvalue weighted by molar-refractivity contribution is 0.100. The molecule has 0 aliphatic carbocycles. The average molecular weight is 540 g/mol. The number of benzene rings is 2. The van der Waals surface area contributed by atoms with Gasteiger partial charge in [0.25, 0.3) is 5.91 Å². The minimum absolute atomic E-state index is 0.181. The van der Waals surface area contributed by atoms with Crippen LogP contribution in [-0.4, -0.2) is 39.2 Å². The molecule has 0 radical (unpaired) electrons. The van der Waals surface area contributed by atoms with Crippen molar-refractivity contribution in [1.82, 2.24) is 24.5 Å². The number of aryl methyl sites for hydroxylation is 3. The molecule has 0 aliphatic rings. The van der Waals surface area contributed by atoms with E-state index >= 15 is 0 Å². The summed E-state index contributed by atoms with van der Waals surface area (Å²) in [5.41, 5.74) is 5.30. The Bertz CT molecular complexity index is 1670. The van der Waals surface area contributed by atoms with Crippen molar-refractivity contribution in [1.29, 1.82) is 0 Å². The van der Waals surface area contributed by atoms with Crippen LogP contribution in [0.25, 0.3) is 22.3 Å². The maximum absolute atomic E-state index is 13.1. The maximum Gasteiger partial charge on any atom is 0.269 e. The number of anilines is 1. The Kier molecular flexibility index (Phi) is 7.58. The van der Waals surface area contributed by atoms with E-state index in [1.807, 2.05) is 38.1 Å². The van der Waals surface area contributed by atoms with Crippen LogP contribution in [0.15, 0.2) is 73.1 Å². The number of fused-ring (bicyclic) bond motifs is 1. The molecule has 3 aromatic heterocycles. The molecule has 39 heavy (non-hydrogen) atoms. The molecule has 1 amide bonds. The first-order chi connectivity index (χ1) is 18.9. The van der Waals surface area contributed by atoms with Gasteiger partial charge in [-0.15, -0.1) is 0 Å². The molecule has 0 spiro atoms. The molecule has 0 fully saturated rings. The number of aromatic nitrogens is 5. The predicted molar refractivity (Wildman–Crippen MR) is 150 cm³/mol. The smallest absolute Gasteiger partial charge is 0.269 e. The molecule has 9 nitrogen and oxygen atoms in total. The Morgan fingerprint density at radius 1 is 1.00 bits per heavy atom. The van der Waals surface area contributed by atoms with Crippen LogP contribution in [0.2, 0.25) is 0 Å². The standard InChI is InChI=1S/C29H28N6O3S/c1-4-8-26-33-27-19(2)31-20(3)32-28(27)34(26)18-21-11-13-22(14-12-21)24-15-16-30-17-25(24)35(39(37)38)29(36)23-9-6-5-7-10-23/h5-7,9-17H,4,8,18H2,1-3H3,(H,37,38)/p-1. The van der Waals surface area contributed by atoms with E-state index in [9.17, 15) is 13.6 Å². The first kappa shape index (κ1) is 26.3. The lowest BCUT2D eigenvalue weighted by Crippen LogP contribution is -2.33. The maximum atomic E-state index is 13.1. The Morgan fingerprint density at radius 2 is 1.74 bits per heavy atom. The van der Waals surface area contributed by atoms with Crippen LogP contribution >= 0.6 is 0 Å². The lowest BCUT2D eigenvalue weighted by atomic mass is 10.0. The predicted octanol–water partition coefficient (Wildman–Crippen LogP) is 4.95. The third kappa shape index (κ3) is 5.34. The Hall–Kier alpha value is -4.28. The number of hydrogen-bond donors (Lipinski definition) is 0. The lowest BCUT2D eigenvalue weighted by Gasteiger charge is -2.26. The van der Waals surface area contributed by atoms with Gasteiger partial charge < -0.3 is 9.12 Å². The Labute approximate surface area is 229 Å². The number of imidazole rings is 1. The molecular weight excluding hydrogens is 512 g/mol. The van der Waals surface area contributed by atoms with Gasteiger partial charge in [-0.1, -0.05) is 49.4 Å². The average Bonchev–Trinajstić information content (AvgIpc) is 3.27. The Balaban J connectivity index is 1.50. The van der Waals surface area contributed by atoms with Crippen molar-refractivity contribution in [2.24, 2.45) is 0 Å². The summed E-state index contributed by atoms with van der Waals surface area (Å²) in [7, 11) is 0. The van der Waals surface area contributed by atoms with Crippen LogP contribution in [0.1, 0.15) is 46.6 Å². The van der Waals surface area contributed by atoms with E-state index < -0.39 is 17.2 Å². The summed E-state index contributed by atoms with van der Waals surface area (Å²) in [6.07, 6.45) is 4.74.